The van der Waals surface area contributed by atoms with Crippen molar-refractivity contribution < 1.29 is 10.2 Å². The topological polar surface area (TPSA) is 40.5 Å². The van der Waals surface area contributed by atoms with Crippen LogP contribution in [-0.2, 0) is 12.0 Å². The standard InChI is InChI=1S/C11H14O2/c12-8-11(13)7-3-5-9-4-1-2-6-10(9)11/h1-2,4,6,12-13H,3,5,7-8H2. The molecule has 1 aliphatic rings. The molecule has 0 saturated carbocycles. The number of hydrogen-bond donors (Lipinski definition) is 2. The van der Waals surface area contributed by atoms with E-state index in [0.29, 0.717) is 6.42 Å². The lowest BCUT2D eigenvalue weighted by Crippen LogP contribution is -2.34. The highest BCUT2D eigenvalue weighted by atomic mass is 16.3. The number of aryl methyl sites for hydroxylation is 1. The summed E-state index contributed by atoms with van der Waals surface area (Å²) in [4.78, 5) is 0. The fourth-order valence-electron chi connectivity index (χ4n) is 2.06. The van der Waals surface area contributed by atoms with E-state index in [0.717, 1.165) is 18.4 Å². The van der Waals surface area contributed by atoms with Gasteiger partial charge in [0.15, 0.2) is 0 Å². The second kappa shape index (κ2) is 3.13. The van der Waals surface area contributed by atoms with Gasteiger partial charge in [0, 0.05) is 0 Å². The molecule has 13 heavy (non-hydrogen) atoms. The highest BCUT2D eigenvalue weighted by Gasteiger charge is 2.32. The number of aliphatic hydroxyl groups is 2. The van der Waals surface area contributed by atoms with E-state index in [1.807, 2.05) is 24.3 Å². The van der Waals surface area contributed by atoms with Gasteiger partial charge in [0.25, 0.3) is 0 Å². The molecule has 0 heterocycles. The van der Waals surface area contributed by atoms with Crippen LogP contribution in [-0.4, -0.2) is 16.8 Å². The van der Waals surface area contributed by atoms with E-state index in [1.165, 1.54) is 5.56 Å². The summed E-state index contributed by atoms with van der Waals surface area (Å²) in [6, 6.07) is 7.81. The van der Waals surface area contributed by atoms with Crippen LogP contribution in [0.4, 0.5) is 0 Å². The first-order valence-electron chi connectivity index (χ1n) is 4.68. The molecule has 1 unspecified atom stereocenters. The van der Waals surface area contributed by atoms with Crippen LogP contribution in [0.1, 0.15) is 24.0 Å². The van der Waals surface area contributed by atoms with Gasteiger partial charge in [-0.15, -0.1) is 0 Å². The van der Waals surface area contributed by atoms with Gasteiger partial charge < -0.3 is 10.2 Å². The minimum absolute atomic E-state index is 0.177. The normalized spacial score (nSPS) is 26.9. The number of hydrogen-bond acceptors (Lipinski definition) is 2. The first-order valence-corrected chi connectivity index (χ1v) is 4.68. The van der Waals surface area contributed by atoms with Gasteiger partial charge in [-0.25, -0.2) is 0 Å². The van der Waals surface area contributed by atoms with Gasteiger partial charge >= 0.3 is 0 Å². The Balaban J connectivity index is 2.48. The van der Waals surface area contributed by atoms with Crippen LogP contribution >= 0.6 is 0 Å². The van der Waals surface area contributed by atoms with Crippen LogP contribution in [0.15, 0.2) is 24.3 Å². The zero-order chi connectivity index (χ0) is 9.31. The van der Waals surface area contributed by atoms with Gasteiger partial charge in [-0.1, -0.05) is 24.3 Å². The first-order chi connectivity index (χ1) is 6.26. The number of benzene rings is 1. The van der Waals surface area contributed by atoms with Crippen LogP contribution in [0.3, 0.4) is 0 Å². The van der Waals surface area contributed by atoms with Crippen molar-refractivity contribution in [3.63, 3.8) is 0 Å². The Morgan fingerprint density at radius 2 is 2.08 bits per heavy atom. The van der Waals surface area contributed by atoms with E-state index in [2.05, 4.69) is 0 Å². The molecule has 0 aromatic heterocycles. The van der Waals surface area contributed by atoms with Crippen LogP contribution in [0.25, 0.3) is 0 Å². The maximum Gasteiger partial charge on any atom is 0.113 e. The fraction of sp³-hybridized carbons (Fsp3) is 0.455. The molecule has 2 nitrogen and oxygen atoms in total. The lowest BCUT2D eigenvalue weighted by Gasteiger charge is -2.32. The largest absolute Gasteiger partial charge is 0.393 e. The van der Waals surface area contributed by atoms with Crippen LogP contribution in [0.2, 0.25) is 0 Å². The molecule has 1 aromatic carbocycles. The van der Waals surface area contributed by atoms with Gasteiger partial charge in [0.2, 0.25) is 0 Å². The average molecular weight is 178 g/mol. The van der Waals surface area contributed by atoms with Gasteiger partial charge in [-0.3, -0.25) is 0 Å². The van der Waals surface area contributed by atoms with Crippen molar-refractivity contribution >= 4 is 0 Å². The number of aliphatic hydroxyl groups excluding tert-OH is 1. The molecule has 2 rings (SSSR count). The van der Waals surface area contributed by atoms with E-state index in [1.54, 1.807) is 0 Å². The molecule has 70 valence electrons. The van der Waals surface area contributed by atoms with Crippen LogP contribution < -0.4 is 0 Å². The van der Waals surface area contributed by atoms with E-state index < -0.39 is 5.60 Å². The van der Waals surface area contributed by atoms with E-state index in [9.17, 15) is 5.11 Å². The number of fused-ring (bicyclic) bond motifs is 1. The van der Waals surface area contributed by atoms with Gasteiger partial charge in [0.05, 0.1) is 6.61 Å². The van der Waals surface area contributed by atoms with E-state index >= 15 is 0 Å². The third-order valence-electron chi connectivity index (χ3n) is 2.82. The molecule has 0 saturated heterocycles. The van der Waals surface area contributed by atoms with Crippen molar-refractivity contribution in [1.29, 1.82) is 0 Å². The summed E-state index contributed by atoms with van der Waals surface area (Å²) in [5.41, 5.74) is 1.09. The summed E-state index contributed by atoms with van der Waals surface area (Å²) in [5, 5.41) is 19.2. The van der Waals surface area contributed by atoms with Crippen molar-refractivity contribution in [2.24, 2.45) is 0 Å². The van der Waals surface area contributed by atoms with Crippen molar-refractivity contribution in [3.8, 4) is 0 Å². The summed E-state index contributed by atoms with van der Waals surface area (Å²) in [7, 11) is 0. The van der Waals surface area contributed by atoms with E-state index in [-0.39, 0.29) is 6.61 Å². The third-order valence-corrected chi connectivity index (χ3v) is 2.82. The average Bonchev–Trinajstić information content (AvgIpc) is 2.19. The molecule has 1 aromatic rings. The van der Waals surface area contributed by atoms with Crippen molar-refractivity contribution in [3.05, 3.63) is 35.4 Å². The summed E-state index contributed by atoms with van der Waals surface area (Å²) in [6.45, 7) is -0.177. The zero-order valence-electron chi connectivity index (χ0n) is 7.53. The van der Waals surface area contributed by atoms with Gasteiger partial charge in [-0.2, -0.15) is 0 Å². The third kappa shape index (κ3) is 1.36. The second-order valence-electron chi connectivity index (χ2n) is 3.70. The summed E-state index contributed by atoms with van der Waals surface area (Å²) < 4.78 is 0. The molecule has 0 bridgehead atoms. The molecule has 0 spiro atoms. The van der Waals surface area contributed by atoms with Crippen LogP contribution in [0, 0.1) is 0 Å². The number of rotatable bonds is 1. The highest BCUT2D eigenvalue weighted by Crippen LogP contribution is 2.34. The Hall–Kier alpha value is -0.860. The zero-order valence-corrected chi connectivity index (χ0v) is 7.53. The molecule has 0 amide bonds. The molecular formula is C11H14O2. The van der Waals surface area contributed by atoms with E-state index in [4.69, 9.17) is 5.11 Å². The minimum atomic E-state index is -0.991. The molecule has 1 atom stereocenters. The second-order valence-corrected chi connectivity index (χ2v) is 3.70. The fourth-order valence-corrected chi connectivity index (χ4v) is 2.06. The molecule has 0 fully saturated rings. The lowest BCUT2D eigenvalue weighted by atomic mass is 9.80. The SMILES string of the molecule is OCC1(O)CCCc2ccccc21. The molecule has 0 radical (unpaired) electrons. The molecule has 1 aliphatic carbocycles. The Kier molecular flexibility index (Phi) is 2.10. The smallest absolute Gasteiger partial charge is 0.113 e. The first kappa shape index (κ1) is 8.73. The van der Waals surface area contributed by atoms with Crippen LogP contribution in [0.5, 0.6) is 0 Å². The molecule has 0 aliphatic heterocycles. The summed E-state index contributed by atoms with van der Waals surface area (Å²) in [6.07, 6.45) is 2.63. The van der Waals surface area contributed by atoms with Crippen molar-refractivity contribution in [1.82, 2.24) is 0 Å². The summed E-state index contributed by atoms with van der Waals surface area (Å²) >= 11 is 0. The Morgan fingerprint density at radius 3 is 2.85 bits per heavy atom. The lowest BCUT2D eigenvalue weighted by molar-refractivity contribution is -0.0327. The van der Waals surface area contributed by atoms with Crippen molar-refractivity contribution in [2.45, 2.75) is 24.9 Å². The molecule has 2 N–H and O–H groups in total. The summed E-state index contributed by atoms with van der Waals surface area (Å²) in [5.74, 6) is 0. The maximum atomic E-state index is 10.1. The molecular weight excluding hydrogens is 164 g/mol. The molecule has 2 heteroatoms. The Bertz CT molecular complexity index is 309. The van der Waals surface area contributed by atoms with Gasteiger partial charge in [-0.05, 0) is 30.4 Å². The Labute approximate surface area is 77.8 Å². The van der Waals surface area contributed by atoms with Crippen molar-refractivity contribution in [2.75, 3.05) is 6.61 Å². The maximum absolute atomic E-state index is 10.1. The Morgan fingerprint density at radius 1 is 1.31 bits per heavy atom. The minimum Gasteiger partial charge on any atom is -0.393 e. The quantitative estimate of drug-likeness (QED) is 0.678. The predicted molar refractivity (Wildman–Crippen MR) is 50.4 cm³/mol. The highest BCUT2D eigenvalue weighted by molar-refractivity contribution is 5.34. The monoisotopic (exact) mass is 178 g/mol. The predicted octanol–water partition coefficient (Wildman–Crippen LogP) is 1.20. The van der Waals surface area contributed by atoms with Gasteiger partial charge in [0.1, 0.15) is 5.60 Å².